The fraction of sp³-hybridized carbons (Fsp3) is 0.200. The van der Waals surface area contributed by atoms with Gasteiger partial charge < -0.3 is 9.67 Å². The Morgan fingerprint density at radius 1 is 1.75 bits per heavy atom. The molecule has 0 saturated carbocycles. The summed E-state index contributed by atoms with van der Waals surface area (Å²) in [5, 5.41) is 9.27. The summed E-state index contributed by atoms with van der Waals surface area (Å²) in [6.07, 6.45) is 1.54. The van der Waals surface area contributed by atoms with Crippen molar-refractivity contribution >= 4 is 11.6 Å². The van der Waals surface area contributed by atoms with Crippen molar-refractivity contribution in [2.24, 2.45) is 7.05 Å². The highest BCUT2D eigenvalue weighted by Crippen LogP contribution is 2.16. The monoisotopic (exact) mass is 131 g/mol. The predicted molar refractivity (Wildman–Crippen MR) is 32.1 cm³/mol. The lowest BCUT2D eigenvalue weighted by molar-refractivity contribution is 0.474. The molecule has 1 aromatic heterocycles. The normalized spacial score (nSPS) is 9.75. The molecular formula is C5H6ClNO. The van der Waals surface area contributed by atoms with Gasteiger partial charge in [0, 0.05) is 19.3 Å². The molecule has 0 atom stereocenters. The number of aromatic nitrogens is 1. The van der Waals surface area contributed by atoms with E-state index in [0.717, 1.165) is 0 Å². The zero-order valence-corrected chi connectivity index (χ0v) is 5.18. The van der Waals surface area contributed by atoms with E-state index in [2.05, 4.69) is 0 Å². The first-order valence-corrected chi connectivity index (χ1v) is 2.59. The molecule has 0 spiro atoms. The summed E-state index contributed by atoms with van der Waals surface area (Å²) in [6, 6.07) is 1.49. The summed E-state index contributed by atoms with van der Waals surface area (Å²) in [5.74, 6) is 0.206. The van der Waals surface area contributed by atoms with Crippen molar-refractivity contribution < 1.29 is 5.11 Å². The summed E-state index contributed by atoms with van der Waals surface area (Å²) in [7, 11) is 1.77. The van der Waals surface area contributed by atoms with Gasteiger partial charge in [-0.2, -0.15) is 0 Å². The first kappa shape index (κ1) is 5.51. The van der Waals surface area contributed by atoms with Gasteiger partial charge in [-0.3, -0.25) is 0 Å². The molecule has 1 N–H and O–H groups in total. The number of rotatable bonds is 0. The number of halogens is 1. The third-order valence-electron chi connectivity index (χ3n) is 0.930. The molecule has 1 aromatic rings. The van der Waals surface area contributed by atoms with E-state index in [0.29, 0.717) is 5.15 Å². The Labute approximate surface area is 52.3 Å². The molecule has 0 unspecified atom stereocenters. The lowest BCUT2D eigenvalue weighted by Crippen LogP contribution is -1.80. The van der Waals surface area contributed by atoms with Gasteiger partial charge in [-0.15, -0.1) is 0 Å². The maximum atomic E-state index is 8.73. The van der Waals surface area contributed by atoms with Crippen LogP contribution in [0.3, 0.4) is 0 Å². The van der Waals surface area contributed by atoms with Crippen molar-refractivity contribution in [3.05, 3.63) is 17.4 Å². The summed E-state index contributed by atoms with van der Waals surface area (Å²) < 4.78 is 1.64. The van der Waals surface area contributed by atoms with E-state index in [1.54, 1.807) is 17.8 Å². The van der Waals surface area contributed by atoms with Crippen LogP contribution in [-0.2, 0) is 7.05 Å². The molecule has 0 radical (unpaired) electrons. The third kappa shape index (κ3) is 0.793. The Morgan fingerprint density at radius 2 is 2.38 bits per heavy atom. The largest absolute Gasteiger partial charge is 0.506 e. The average Bonchev–Trinajstić information content (AvgIpc) is 1.85. The standard InChI is InChI=1S/C5H6ClNO/c1-7-3-4(8)2-5(7)6/h2-3,8H,1H3. The lowest BCUT2D eigenvalue weighted by Gasteiger charge is -1.86. The molecule has 2 nitrogen and oxygen atoms in total. The van der Waals surface area contributed by atoms with Crippen LogP contribution in [0.2, 0.25) is 5.15 Å². The molecule has 0 aliphatic heterocycles. The predicted octanol–water partition coefficient (Wildman–Crippen LogP) is 1.38. The summed E-state index contributed by atoms with van der Waals surface area (Å²) in [4.78, 5) is 0. The minimum atomic E-state index is 0.206. The van der Waals surface area contributed by atoms with Crippen molar-refractivity contribution in [2.45, 2.75) is 0 Å². The first-order valence-electron chi connectivity index (χ1n) is 2.21. The van der Waals surface area contributed by atoms with Crippen LogP contribution in [0.15, 0.2) is 12.3 Å². The van der Waals surface area contributed by atoms with Crippen molar-refractivity contribution in [3.8, 4) is 5.75 Å². The molecule has 0 aliphatic carbocycles. The van der Waals surface area contributed by atoms with Gasteiger partial charge in [-0.05, 0) is 0 Å². The van der Waals surface area contributed by atoms with E-state index in [-0.39, 0.29) is 5.75 Å². The highest BCUT2D eigenvalue weighted by Gasteiger charge is 1.94. The Hall–Kier alpha value is -0.630. The molecule has 1 heterocycles. The molecule has 0 fully saturated rings. The molecule has 0 bridgehead atoms. The van der Waals surface area contributed by atoms with Gasteiger partial charge >= 0.3 is 0 Å². The molecule has 0 aromatic carbocycles. The topological polar surface area (TPSA) is 25.2 Å². The van der Waals surface area contributed by atoms with Crippen molar-refractivity contribution in [3.63, 3.8) is 0 Å². The maximum Gasteiger partial charge on any atom is 0.134 e. The minimum absolute atomic E-state index is 0.206. The van der Waals surface area contributed by atoms with E-state index < -0.39 is 0 Å². The zero-order chi connectivity index (χ0) is 6.15. The summed E-state index contributed by atoms with van der Waals surface area (Å²) in [6.45, 7) is 0. The van der Waals surface area contributed by atoms with Crippen LogP contribution < -0.4 is 0 Å². The van der Waals surface area contributed by atoms with Gasteiger partial charge in [0.2, 0.25) is 0 Å². The maximum absolute atomic E-state index is 8.73. The van der Waals surface area contributed by atoms with E-state index in [1.165, 1.54) is 6.07 Å². The fourth-order valence-corrected chi connectivity index (χ4v) is 0.682. The molecule has 1 rings (SSSR count). The van der Waals surface area contributed by atoms with Crippen LogP contribution in [0.5, 0.6) is 5.75 Å². The highest BCUT2D eigenvalue weighted by molar-refractivity contribution is 6.29. The van der Waals surface area contributed by atoms with Crippen molar-refractivity contribution in [2.75, 3.05) is 0 Å². The second-order valence-corrected chi connectivity index (χ2v) is 2.02. The van der Waals surface area contributed by atoms with Crippen LogP contribution in [0.25, 0.3) is 0 Å². The number of hydrogen-bond acceptors (Lipinski definition) is 1. The third-order valence-corrected chi connectivity index (χ3v) is 1.31. The van der Waals surface area contributed by atoms with E-state index in [4.69, 9.17) is 16.7 Å². The number of nitrogens with zero attached hydrogens (tertiary/aromatic N) is 1. The smallest absolute Gasteiger partial charge is 0.134 e. The van der Waals surface area contributed by atoms with Gasteiger partial charge in [0.1, 0.15) is 10.9 Å². The molecule has 0 aliphatic rings. The van der Waals surface area contributed by atoms with Gasteiger partial charge in [0.05, 0.1) is 0 Å². The lowest BCUT2D eigenvalue weighted by atomic mass is 10.6. The minimum Gasteiger partial charge on any atom is -0.506 e. The molecule has 0 saturated heterocycles. The Balaban J connectivity index is 3.14. The van der Waals surface area contributed by atoms with E-state index in [1.807, 2.05) is 0 Å². The van der Waals surface area contributed by atoms with Gasteiger partial charge in [0.15, 0.2) is 0 Å². The molecular weight excluding hydrogens is 126 g/mol. The number of hydrogen-bond donors (Lipinski definition) is 1. The fourth-order valence-electron chi connectivity index (χ4n) is 0.521. The van der Waals surface area contributed by atoms with Crippen LogP contribution in [0, 0.1) is 0 Å². The Morgan fingerprint density at radius 3 is 2.50 bits per heavy atom. The number of aromatic hydroxyl groups is 1. The van der Waals surface area contributed by atoms with Crippen molar-refractivity contribution in [1.29, 1.82) is 0 Å². The Kier molecular flexibility index (Phi) is 1.18. The first-order chi connectivity index (χ1) is 3.70. The van der Waals surface area contributed by atoms with Crippen LogP contribution >= 0.6 is 11.6 Å². The molecule has 8 heavy (non-hydrogen) atoms. The summed E-state index contributed by atoms with van der Waals surface area (Å²) >= 11 is 5.53. The van der Waals surface area contributed by atoms with E-state index in [9.17, 15) is 0 Å². The highest BCUT2D eigenvalue weighted by atomic mass is 35.5. The number of aryl methyl sites for hydroxylation is 1. The summed E-state index contributed by atoms with van der Waals surface area (Å²) in [5.41, 5.74) is 0. The van der Waals surface area contributed by atoms with Crippen molar-refractivity contribution in [1.82, 2.24) is 4.57 Å². The van der Waals surface area contributed by atoms with Crippen LogP contribution in [-0.4, -0.2) is 9.67 Å². The van der Waals surface area contributed by atoms with Gasteiger partial charge in [0.25, 0.3) is 0 Å². The average molecular weight is 132 g/mol. The Bertz CT molecular complexity index is 175. The molecule has 44 valence electrons. The van der Waals surface area contributed by atoms with Gasteiger partial charge in [-0.25, -0.2) is 0 Å². The van der Waals surface area contributed by atoms with Crippen LogP contribution in [0.4, 0.5) is 0 Å². The SMILES string of the molecule is Cn1cc(O)cc1Cl. The van der Waals surface area contributed by atoms with E-state index >= 15 is 0 Å². The van der Waals surface area contributed by atoms with Crippen LogP contribution in [0.1, 0.15) is 0 Å². The zero-order valence-electron chi connectivity index (χ0n) is 4.43. The second-order valence-electron chi connectivity index (χ2n) is 1.63. The molecule has 3 heteroatoms. The molecule has 0 amide bonds. The second kappa shape index (κ2) is 1.71. The van der Waals surface area contributed by atoms with Gasteiger partial charge in [-0.1, -0.05) is 11.6 Å². The quantitative estimate of drug-likeness (QED) is 0.566.